The van der Waals surface area contributed by atoms with E-state index in [2.05, 4.69) is 10.0 Å². The van der Waals surface area contributed by atoms with Crippen LogP contribution < -0.4 is 10.0 Å². The zero-order chi connectivity index (χ0) is 17.7. The van der Waals surface area contributed by atoms with Crippen LogP contribution in [0, 0.1) is 0 Å². The Morgan fingerprint density at radius 2 is 1.54 bits per heavy atom. The number of carbonyl (C=O) groups is 2. The number of ketones is 1. The Balaban J connectivity index is 2.18. The molecule has 0 aliphatic carbocycles. The summed E-state index contributed by atoms with van der Waals surface area (Å²) in [6.07, 6.45) is 0. The Hall–Kier alpha value is -2.67. The highest BCUT2D eigenvalue weighted by molar-refractivity contribution is 7.92. The number of amides is 1. The smallest absolute Gasteiger partial charge is 0.255 e. The Labute approximate surface area is 140 Å². The maximum atomic E-state index is 12.3. The van der Waals surface area contributed by atoms with E-state index in [0.29, 0.717) is 22.5 Å². The minimum Gasteiger partial charge on any atom is -0.322 e. The fraction of sp³-hybridized carbons (Fsp3) is 0.176. The van der Waals surface area contributed by atoms with Crippen LogP contribution in [0.2, 0.25) is 0 Å². The molecule has 0 heterocycles. The van der Waals surface area contributed by atoms with E-state index in [1.807, 2.05) is 0 Å². The zero-order valence-electron chi connectivity index (χ0n) is 13.4. The summed E-state index contributed by atoms with van der Waals surface area (Å²) in [5.74, 6) is -0.545. The standard InChI is InChI=1S/C17H18N2O4S/c1-3-24(22,23)19-16-9-5-7-14(11-16)17(21)18-15-8-4-6-13(10-15)12(2)20/h4-11,19H,3H2,1-2H3,(H,18,21). The number of rotatable bonds is 6. The van der Waals surface area contributed by atoms with Gasteiger partial charge in [0.25, 0.3) is 5.91 Å². The molecule has 2 N–H and O–H groups in total. The lowest BCUT2D eigenvalue weighted by molar-refractivity contribution is 0.101. The molecule has 0 saturated carbocycles. The van der Waals surface area contributed by atoms with Gasteiger partial charge >= 0.3 is 0 Å². The number of sulfonamides is 1. The molecule has 0 radical (unpaired) electrons. The maximum absolute atomic E-state index is 12.3. The van der Waals surface area contributed by atoms with Gasteiger partial charge in [-0.15, -0.1) is 0 Å². The third-order valence-electron chi connectivity index (χ3n) is 3.31. The van der Waals surface area contributed by atoms with Gasteiger partial charge in [0.2, 0.25) is 10.0 Å². The van der Waals surface area contributed by atoms with E-state index >= 15 is 0 Å². The van der Waals surface area contributed by atoms with Crippen molar-refractivity contribution in [3.8, 4) is 0 Å². The van der Waals surface area contributed by atoms with E-state index in [1.54, 1.807) is 42.5 Å². The molecule has 6 nitrogen and oxygen atoms in total. The molecule has 0 saturated heterocycles. The molecule has 0 bridgehead atoms. The Morgan fingerprint density at radius 3 is 2.17 bits per heavy atom. The van der Waals surface area contributed by atoms with Crippen LogP contribution in [0.4, 0.5) is 11.4 Å². The van der Waals surface area contributed by atoms with Crippen LogP contribution in [0.1, 0.15) is 34.6 Å². The van der Waals surface area contributed by atoms with Crippen molar-refractivity contribution in [1.29, 1.82) is 0 Å². The summed E-state index contributed by atoms with van der Waals surface area (Å²) >= 11 is 0. The Kier molecular flexibility index (Phi) is 5.35. The van der Waals surface area contributed by atoms with Gasteiger partial charge in [-0.1, -0.05) is 18.2 Å². The first-order valence-corrected chi connectivity index (χ1v) is 8.99. The largest absolute Gasteiger partial charge is 0.322 e. The van der Waals surface area contributed by atoms with Crippen LogP contribution in [0.5, 0.6) is 0 Å². The van der Waals surface area contributed by atoms with Gasteiger partial charge in [-0.05, 0) is 44.2 Å². The molecule has 24 heavy (non-hydrogen) atoms. The topological polar surface area (TPSA) is 92.3 Å². The molecule has 2 rings (SSSR count). The van der Waals surface area contributed by atoms with Crippen molar-refractivity contribution in [2.75, 3.05) is 15.8 Å². The van der Waals surface area contributed by atoms with Gasteiger partial charge in [-0.25, -0.2) is 8.42 Å². The first kappa shape index (κ1) is 17.7. The first-order chi connectivity index (χ1) is 11.3. The summed E-state index contributed by atoms with van der Waals surface area (Å²) in [6.45, 7) is 2.98. The zero-order valence-corrected chi connectivity index (χ0v) is 14.2. The van der Waals surface area contributed by atoms with E-state index in [0.717, 1.165) is 0 Å². The third-order valence-corrected chi connectivity index (χ3v) is 4.61. The molecule has 0 unspecified atom stereocenters. The summed E-state index contributed by atoms with van der Waals surface area (Å²) in [5, 5.41) is 2.69. The van der Waals surface area contributed by atoms with Crippen molar-refractivity contribution in [2.45, 2.75) is 13.8 Å². The lowest BCUT2D eigenvalue weighted by Gasteiger charge is -2.09. The second kappa shape index (κ2) is 7.27. The van der Waals surface area contributed by atoms with Crippen molar-refractivity contribution >= 4 is 33.1 Å². The van der Waals surface area contributed by atoms with E-state index in [4.69, 9.17) is 0 Å². The predicted molar refractivity (Wildman–Crippen MR) is 93.9 cm³/mol. The minimum absolute atomic E-state index is 0.0543. The van der Waals surface area contributed by atoms with Gasteiger partial charge < -0.3 is 5.32 Å². The number of hydrogen-bond acceptors (Lipinski definition) is 4. The molecular weight excluding hydrogens is 328 g/mol. The number of nitrogens with one attached hydrogen (secondary N) is 2. The SMILES string of the molecule is CCS(=O)(=O)Nc1cccc(C(=O)Nc2cccc(C(C)=O)c2)c1. The molecule has 0 aliphatic rings. The first-order valence-electron chi connectivity index (χ1n) is 7.33. The van der Waals surface area contributed by atoms with Crippen molar-refractivity contribution < 1.29 is 18.0 Å². The van der Waals surface area contributed by atoms with Crippen LogP contribution in [0.15, 0.2) is 48.5 Å². The summed E-state index contributed by atoms with van der Waals surface area (Å²) in [7, 11) is -3.41. The fourth-order valence-corrected chi connectivity index (χ4v) is 2.63. The van der Waals surface area contributed by atoms with Crippen molar-refractivity contribution in [2.24, 2.45) is 0 Å². The monoisotopic (exact) mass is 346 g/mol. The van der Waals surface area contributed by atoms with Gasteiger partial charge in [0.05, 0.1) is 5.75 Å². The number of anilines is 2. The number of Topliss-reactive ketones (excluding diaryl/α,β-unsaturated/α-hetero) is 1. The summed E-state index contributed by atoms with van der Waals surface area (Å²) in [6, 6.07) is 12.8. The van der Waals surface area contributed by atoms with Crippen molar-refractivity contribution in [1.82, 2.24) is 0 Å². The number of carbonyl (C=O) groups excluding carboxylic acids is 2. The van der Waals surface area contributed by atoms with E-state index < -0.39 is 15.9 Å². The number of benzene rings is 2. The molecule has 1 amide bonds. The molecule has 2 aromatic rings. The molecule has 0 spiro atoms. The quantitative estimate of drug-likeness (QED) is 0.787. The van der Waals surface area contributed by atoms with Gasteiger partial charge in [-0.2, -0.15) is 0 Å². The van der Waals surface area contributed by atoms with Gasteiger partial charge in [0.15, 0.2) is 5.78 Å². The van der Waals surface area contributed by atoms with Gasteiger partial charge in [0.1, 0.15) is 0 Å². The fourth-order valence-electron chi connectivity index (χ4n) is 1.99. The molecule has 0 aromatic heterocycles. The summed E-state index contributed by atoms with van der Waals surface area (Å²) in [4.78, 5) is 23.7. The molecular formula is C17H18N2O4S. The third kappa shape index (κ3) is 4.66. The van der Waals surface area contributed by atoms with Crippen LogP contribution >= 0.6 is 0 Å². The molecule has 0 aliphatic heterocycles. The van der Waals surface area contributed by atoms with Crippen LogP contribution in [-0.2, 0) is 10.0 Å². The van der Waals surface area contributed by atoms with Gasteiger partial charge in [-0.3, -0.25) is 14.3 Å². The molecule has 2 aromatic carbocycles. The molecule has 7 heteroatoms. The molecule has 0 fully saturated rings. The van der Waals surface area contributed by atoms with Crippen LogP contribution in [0.3, 0.4) is 0 Å². The minimum atomic E-state index is -3.41. The van der Waals surface area contributed by atoms with Crippen LogP contribution in [-0.4, -0.2) is 25.9 Å². The highest BCUT2D eigenvalue weighted by atomic mass is 32.2. The lowest BCUT2D eigenvalue weighted by atomic mass is 10.1. The highest BCUT2D eigenvalue weighted by Crippen LogP contribution is 2.16. The Morgan fingerprint density at radius 1 is 0.958 bits per heavy atom. The van der Waals surface area contributed by atoms with Crippen molar-refractivity contribution in [3.63, 3.8) is 0 Å². The van der Waals surface area contributed by atoms with Gasteiger partial charge in [0, 0.05) is 22.5 Å². The lowest BCUT2D eigenvalue weighted by Crippen LogP contribution is -2.16. The van der Waals surface area contributed by atoms with E-state index in [9.17, 15) is 18.0 Å². The molecule has 0 atom stereocenters. The van der Waals surface area contributed by atoms with E-state index in [1.165, 1.54) is 19.9 Å². The highest BCUT2D eigenvalue weighted by Gasteiger charge is 2.11. The average molecular weight is 346 g/mol. The Bertz CT molecular complexity index is 876. The molecule has 126 valence electrons. The normalized spacial score (nSPS) is 10.9. The summed E-state index contributed by atoms with van der Waals surface area (Å²) in [5.41, 5.74) is 1.62. The predicted octanol–water partition coefficient (Wildman–Crippen LogP) is 2.90. The van der Waals surface area contributed by atoms with Crippen LogP contribution in [0.25, 0.3) is 0 Å². The average Bonchev–Trinajstić information content (AvgIpc) is 2.55. The van der Waals surface area contributed by atoms with Crippen molar-refractivity contribution in [3.05, 3.63) is 59.7 Å². The second-order valence-electron chi connectivity index (χ2n) is 5.18. The maximum Gasteiger partial charge on any atom is 0.255 e. The second-order valence-corrected chi connectivity index (χ2v) is 7.19. The van der Waals surface area contributed by atoms with E-state index in [-0.39, 0.29) is 11.5 Å². The summed E-state index contributed by atoms with van der Waals surface area (Å²) < 4.78 is 25.6. The number of hydrogen-bond donors (Lipinski definition) is 2.